The molecule has 0 saturated heterocycles. The molecule has 0 atom stereocenters. The van der Waals surface area contributed by atoms with Gasteiger partial charge in [0.1, 0.15) is 63.2 Å². The number of hydrogen-bond donors (Lipinski definition) is 7. The van der Waals surface area contributed by atoms with Crippen LogP contribution in [0.25, 0.3) is 0 Å². The molecule has 8 rings (SSSR count). The monoisotopic (exact) mass is 1510 g/mol. The van der Waals surface area contributed by atoms with Crippen molar-refractivity contribution in [1.29, 1.82) is 0 Å². The molecule has 2 heterocycles. The third-order valence-electron chi connectivity index (χ3n) is 11.0. The minimum Gasteiger partial charge on any atom is -0.744 e. The van der Waals surface area contributed by atoms with Gasteiger partial charge in [0.05, 0.1) is 65.2 Å². The molecule has 0 fully saturated rings. The summed E-state index contributed by atoms with van der Waals surface area (Å²) in [5, 5.41) is 56.2. The number of sulfone groups is 1. The second-order valence-corrected chi connectivity index (χ2v) is 25.8. The summed E-state index contributed by atoms with van der Waals surface area (Å²) in [6, 6.07) is 20.8. The SMILES string of the molecule is Nc1c(N=Nc2cc(Nc3nc(Nc4cccc(S(=O)(=O)[O-])c4)nc(Nc4cccc(S(=O)(=O)[O-])c4)n3)ccc2S(=O)(=O)[O-])cc(S(=O)(=O)[O-])c(N)c1N=Nc1cc(Nc2nc(F)nc(Nc3ccc(S(=O)(=O)CCOSOO[O-])cc3)n2)ccc1SOO[O-].[Na+].[Na+].[Na+].[Na+].[Na+].[Na+]. The molecule has 0 amide bonds. The third-order valence-corrected chi connectivity index (χ3v) is 17.1. The first kappa shape index (κ1) is 89.2. The van der Waals surface area contributed by atoms with Gasteiger partial charge in [-0.15, -0.1) is 24.8 Å². The first-order valence-corrected chi connectivity index (χ1v) is 32.3. The molecule has 96 heavy (non-hydrogen) atoms. The minimum absolute atomic E-state index is 0. The van der Waals surface area contributed by atoms with E-state index in [0.29, 0.717) is 6.07 Å². The van der Waals surface area contributed by atoms with Crippen molar-refractivity contribution in [2.75, 3.05) is 50.4 Å². The molecule has 2 aromatic heterocycles. The molecule has 0 aliphatic carbocycles. The second kappa shape index (κ2) is 39.5. The fourth-order valence-electron chi connectivity index (χ4n) is 7.13. The molecule has 52 heteroatoms. The number of nitrogen functional groups attached to an aromatic ring is 2. The average molecular weight is 1520 g/mol. The molecule has 38 nitrogen and oxygen atoms in total. The van der Waals surface area contributed by atoms with Crippen LogP contribution >= 0.6 is 24.4 Å². The molecule has 0 unspecified atom stereocenters. The quantitative estimate of drug-likeness (QED) is 0.00350. The van der Waals surface area contributed by atoms with Gasteiger partial charge in [0.25, 0.3) is 0 Å². The van der Waals surface area contributed by atoms with Crippen molar-refractivity contribution in [1.82, 2.24) is 29.9 Å². The molecule has 0 saturated carbocycles. The summed E-state index contributed by atoms with van der Waals surface area (Å²) >= 11 is 0.385. The number of azo groups is 2. The number of rotatable bonds is 28. The number of benzene rings is 6. The van der Waals surface area contributed by atoms with Crippen molar-refractivity contribution in [2.45, 2.75) is 29.4 Å². The summed E-state index contributed by atoms with van der Waals surface area (Å²) in [5.74, 6) is -2.61. The number of nitrogens with one attached hydrogen (secondary N) is 5. The molecule has 474 valence electrons. The van der Waals surface area contributed by atoms with Crippen molar-refractivity contribution >= 4 is 167 Å². The van der Waals surface area contributed by atoms with E-state index in [4.69, 9.17) is 15.7 Å². The van der Waals surface area contributed by atoms with Gasteiger partial charge in [-0.2, -0.15) is 38.6 Å². The zero-order chi connectivity index (χ0) is 65.2. The number of aromatic nitrogens is 6. The maximum Gasteiger partial charge on any atom is 1.00 e. The van der Waals surface area contributed by atoms with E-state index in [1.807, 2.05) is 0 Å². The summed E-state index contributed by atoms with van der Waals surface area (Å²) in [5.41, 5.74) is 8.04. The van der Waals surface area contributed by atoms with Crippen LogP contribution in [-0.4, -0.2) is 103 Å². The van der Waals surface area contributed by atoms with Crippen LogP contribution in [0.3, 0.4) is 0 Å². The fourth-order valence-corrected chi connectivity index (χ4v) is 11.2. The van der Waals surface area contributed by atoms with Crippen LogP contribution < -0.4 is 226 Å². The molecule has 0 spiro atoms. The molecular formula is C44H32FN17Na6O21S7. The second-order valence-electron chi connectivity index (χ2n) is 17.0. The van der Waals surface area contributed by atoms with Crippen molar-refractivity contribution in [3.63, 3.8) is 0 Å². The van der Waals surface area contributed by atoms with Crippen molar-refractivity contribution < 1.29 is 275 Å². The summed E-state index contributed by atoms with van der Waals surface area (Å²) in [4.78, 5) is 20.0. The number of halogens is 1. The molecule has 9 N–H and O–H groups in total. The van der Waals surface area contributed by atoms with Gasteiger partial charge >= 0.3 is 183 Å². The van der Waals surface area contributed by atoms with Gasteiger partial charge in [-0.05, 0) is 103 Å². The van der Waals surface area contributed by atoms with Crippen LogP contribution in [0.5, 0.6) is 0 Å². The average Bonchev–Trinajstić information content (AvgIpc) is 0.791. The summed E-state index contributed by atoms with van der Waals surface area (Å²) in [6.07, 6.45) is -1.32. The van der Waals surface area contributed by atoms with Gasteiger partial charge in [-0.25, -0.2) is 42.1 Å². The third kappa shape index (κ3) is 25.9. The van der Waals surface area contributed by atoms with Gasteiger partial charge in [0.15, 0.2) is 22.2 Å². The van der Waals surface area contributed by atoms with E-state index >= 15 is 0 Å². The predicted molar refractivity (Wildman–Crippen MR) is 299 cm³/mol. The first-order chi connectivity index (χ1) is 42.4. The van der Waals surface area contributed by atoms with Crippen LogP contribution in [0.1, 0.15) is 0 Å². The zero-order valence-electron chi connectivity index (χ0n) is 49.8. The molecule has 8 aromatic rings. The minimum atomic E-state index is -5.58. The number of anilines is 12. The molecule has 0 bridgehead atoms. The standard InChI is InChI=1S/C44H38FN17O21S7.6Na/c45-39-53-40(48-22-7-11-27(12-8-22)86(65,66)16-15-79-85-83-81-64)55-41(54-39)51-25-9-13-33(84-82-80-63)30(19-25)59-62-38-36(46)32(21-35(37(38)47)90(76,77)78)61-60-31-20-26(10-14-34(31)89(73,74)75)52-44-57-42(49-23-3-1-5-28(17-23)87(67,68)69)56-43(58-44)50-24-4-2-6-29(18-24)88(70,71)72;;;;;;/h1-14,17-21,63-64H,15-16,46-47H2,(H,67,68,69)(H,70,71,72)(H,73,74,75)(H,76,77,78)(H2,48,51,53,54,55)(H3,49,50,52,56,57,58);;;;;;/q;6*+1/p-6. The van der Waals surface area contributed by atoms with Gasteiger partial charge in [-0.3, -0.25) is 14.3 Å². The topological polar surface area (TPSA) is 594 Å². The Morgan fingerprint density at radius 2 is 0.875 bits per heavy atom. The Labute approximate surface area is 684 Å². The Kier molecular flexibility index (Phi) is 36.7. The van der Waals surface area contributed by atoms with Crippen molar-refractivity contribution in [3.05, 3.63) is 121 Å². The van der Waals surface area contributed by atoms with Crippen LogP contribution in [-0.2, 0) is 73.2 Å². The van der Waals surface area contributed by atoms with Crippen LogP contribution in [0.15, 0.2) is 165 Å². The zero-order valence-corrected chi connectivity index (χ0v) is 67.5. The molecule has 6 aromatic carbocycles. The Hall–Kier alpha value is -2.92. The number of hydrogen-bond acceptors (Lipinski definition) is 40. The van der Waals surface area contributed by atoms with E-state index in [-0.39, 0.29) is 252 Å². The van der Waals surface area contributed by atoms with E-state index < -0.39 is 140 Å². The van der Waals surface area contributed by atoms with Gasteiger partial charge in [-0.1, -0.05) is 12.1 Å². The van der Waals surface area contributed by atoms with Crippen molar-refractivity contribution in [2.24, 2.45) is 20.5 Å². The summed E-state index contributed by atoms with van der Waals surface area (Å²) in [7, 11) is -24.9. The largest absolute Gasteiger partial charge is 1.00 e. The first-order valence-electron chi connectivity index (χ1n) is 23.6. The Balaban J connectivity index is 0.00000523. The maximum atomic E-state index is 14.8. The smallest absolute Gasteiger partial charge is 0.744 e. The van der Waals surface area contributed by atoms with E-state index in [0.717, 1.165) is 48.5 Å². The van der Waals surface area contributed by atoms with Gasteiger partial charge in [0.2, 0.25) is 29.7 Å². The Morgan fingerprint density at radius 3 is 1.35 bits per heavy atom. The van der Waals surface area contributed by atoms with Crippen molar-refractivity contribution in [3.8, 4) is 0 Å². The van der Waals surface area contributed by atoms with E-state index in [9.17, 15) is 75.2 Å². The maximum absolute atomic E-state index is 14.8. The number of nitrogens with two attached hydrogens (primary N) is 2. The number of nitrogens with zero attached hydrogens (tertiary/aromatic N) is 10. The Morgan fingerprint density at radius 1 is 0.448 bits per heavy atom. The van der Waals surface area contributed by atoms with Crippen LogP contribution in [0, 0.1) is 6.08 Å². The van der Waals surface area contributed by atoms with Gasteiger partial charge in [0, 0.05) is 28.4 Å². The predicted octanol–water partition coefficient (Wildman–Crippen LogP) is -13.6. The van der Waals surface area contributed by atoms with Crippen LogP contribution in [0.2, 0.25) is 0 Å². The van der Waals surface area contributed by atoms with E-state index in [1.165, 1.54) is 60.7 Å². The summed E-state index contributed by atoms with van der Waals surface area (Å²) < 4.78 is 199. The van der Waals surface area contributed by atoms with Crippen LogP contribution in [0.4, 0.5) is 96.7 Å². The summed E-state index contributed by atoms with van der Waals surface area (Å²) in [6.45, 7) is -0.381. The molecule has 0 aliphatic rings. The normalized spacial score (nSPS) is 11.6. The van der Waals surface area contributed by atoms with Gasteiger partial charge < -0.3 is 66.8 Å². The molecule has 0 radical (unpaired) electrons. The van der Waals surface area contributed by atoms with E-state index in [1.54, 1.807) is 0 Å². The van der Waals surface area contributed by atoms with E-state index in [2.05, 4.69) is 95.7 Å². The molecule has 0 aliphatic heterocycles. The molecular weight excluding hydrogens is 1480 g/mol. The fraction of sp³-hybridized carbons (Fsp3) is 0.0455. The Bertz CT molecular complexity index is 4620.